The molecule has 33 heavy (non-hydrogen) atoms. The Hall–Kier alpha value is -2.32. The van der Waals surface area contributed by atoms with Gasteiger partial charge in [0.15, 0.2) is 5.96 Å². The van der Waals surface area contributed by atoms with E-state index in [0.29, 0.717) is 23.9 Å². The van der Waals surface area contributed by atoms with Crippen LogP contribution in [0.1, 0.15) is 56.2 Å². The van der Waals surface area contributed by atoms with Gasteiger partial charge in [0.2, 0.25) is 0 Å². The van der Waals surface area contributed by atoms with Gasteiger partial charge in [-0.15, -0.1) is 24.0 Å². The van der Waals surface area contributed by atoms with E-state index in [4.69, 9.17) is 10.5 Å². The molecule has 0 bridgehead atoms. The van der Waals surface area contributed by atoms with Gasteiger partial charge >= 0.3 is 0 Å². The molecule has 0 atom stereocenters. The normalized spacial score (nSPS) is 14.4. The fourth-order valence-corrected chi connectivity index (χ4v) is 3.99. The van der Waals surface area contributed by atoms with E-state index < -0.39 is 0 Å². The van der Waals surface area contributed by atoms with E-state index in [0.717, 1.165) is 49.9 Å². The standard InChI is InChI=1S/C24H35N7O.HI/c1-27-24(29-16-9-17-32-20-12-6-3-7-13-20)28-15-8-14-22-21(18-25)23(26)31(30-22)19-10-4-2-5-11-19;/h2,4-5,10-11,20H,3,6-9,12-17,26H2,1H3,(H2,27,28,29);1H. The van der Waals surface area contributed by atoms with Gasteiger partial charge in [-0.3, -0.25) is 4.99 Å². The van der Waals surface area contributed by atoms with E-state index >= 15 is 0 Å². The summed E-state index contributed by atoms with van der Waals surface area (Å²) in [5, 5.41) is 20.8. The van der Waals surface area contributed by atoms with Crippen LogP contribution < -0.4 is 16.4 Å². The summed E-state index contributed by atoms with van der Waals surface area (Å²) in [7, 11) is 1.77. The molecule has 8 nitrogen and oxygen atoms in total. The number of aliphatic imine (C=N–C) groups is 1. The highest BCUT2D eigenvalue weighted by atomic mass is 127. The Bertz CT molecular complexity index is 902. The number of para-hydroxylation sites is 1. The number of aromatic nitrogens is 2. The number of nitrogen functional groups attached to an aromatic ring is 1. The zero-order valence-electron chi connectivity index (χ0n) is 19.4. The molecule has 4 N–H and O–H groups in total. The van der Waals surface area contributed by atoms with Gasteiger partial charge in [-0.25, -0.2) is 4.68 Å². The van der Waals surface area contributed by atoms with Crippen LogP contribution >= 0.6 is 24.0 Å². The molecule has 180 valence electrons. The molecule has 9 heteroatoms. The second-order valence-electron chi connectivity index (χ2n) is 8.08. The van der Waals surface area contributed by atoms with Crippen molar-refractivity contribution in [2.45, 2.75) is 57.5 Å². The van der Waals surface area contributed by atoms with Crippen LogP contribution in [0, 0.1) is 11.3 Å². The number of nitriles is 1. The summed E-state index contributed by atoms with van der Waals surface area (Å²) in [5.41, 5.74) is 8.19. The van der Waals surface area contributed by atoms with Crippen molar-refractivity contribution in [3.05, 3.63) is 41.6 Å². The van der Waals surface area contributed by atoms with Crippen molar-refractivity contribution in [3.63, 3.8) is 0 Å². The van der Waals surface area contributed by atoms with E-state index in [9.17, 15) is 5.26 Å². The molecule has 0 unspecified atom stereocenters. The molecule has 1 fully saturated rings. The maximum absolute atomic E-state index is 9.53. The second-order valence-corrected chi connectivity index (χ2v) is 8.08. The van der Waals surface area contributed by atoms with Gasteiger partial charge in [-0.1, -0.05) is 37.5 Å². The molecule has 0 radical (unpaired) electrons. The van der Waals surface area contributed by atoms with Crippen LogP contribution in [0.15, 0.2) is 35.3 Å². The molecule has 1 aliphatic carbocycles. The maximum Gasteiger partial charge on any atom is 0.190 e. The molecule has 1 heterocycles. The number of hydrogen-bond acceptors (Lipinski definition) is 5. The molecule has 0 saturated heterocycles. The number of rotatable bonds is 10. The Labute approximate surface area is 214 Å². The van der Waals surface area contributed by atoms with Crippen LogP contribution in [-0.4, -0.2) is 48.6 Å². The first-order chi connectivity index (χ1) is 15.7. The largest absolute Gasteiger partial charge is 0.382 e. The smallest absolute Gasteiger partial charge is 0.190 e. The van der Waals surface area contributed by atoms with Crippen molar-refractivity contribution in [2.75, 3.05) is 32.5 Å². The highest BCUT2D eigenvalue weighted by molar-refractivity contribution is 14.0. The lowest BCUT2D eigenvalue weighted by atomic mass is 9.98. The first-order valence-corrected chi connectivity index (χ1v) is 11.6. The lowest BCUT2D eigenvalue weighted by Gasteiger charge is -2.22. The average Bonchev–Trinajstić information content (AvgIpc) is 3.16. The number of aryl methyl sites for hydroxylation is 1. The summed E-state index contributed by atoms with van der Waals surface area (Å²) < 4.78 is 7.60. The number of benzene rings is 1. The first kappa shape index (κ1) is 26.9. The van der Waals surface area contributed by atoms with Crippen LogP contribution in [0.25, 0.3) is 5.69 Å². The second kappa shape index (κ2) is 14.8. The van der Waals surface area contributed by atoms with Crippen LogP contribution in [-0.2, 0) is 11.2 Å². The number of nitrogens with two attached hydrogens (primary N) is 1. The highest BCUT2D eigenvalue weighted by Crippen LogP contribution is 2.21. The van der Waals surface area contributed by atoms with Crippen molar-refractivity contribution in [1.82, 2.24) is 20.4 Å². The maximum atomic E-state index is 9.53. The van der Waals surface area contributed by atoms with Crippen LogP contribution in [0.5, 0.6) is 0 Å². The number of guanidine groups is 1. The Kier molecular flexibility index (Phi) is 12.0. The van der Waals surface area contributed by atoms with E-state index in [2.05, 4.69) is 26.8 Å². The van der Waals surface area contributed by atoms with Crippen molar-refractivity contribution in [1.29, 1.82) is 5.26 Å². The number of anilines is 1. The minimum absolute atomic E-state index is 0. The van der Waals surface area contributed by atoms with Gasteiger partial charge in [0.25, 0.3) is 0 Å². The van der Waals surface area contributed by atoms with Crippen LogP contribution in [0.3, 0.4) is 0 Å². The van der Waals surface area contributed by atoms with Crippen molar-refractivity contribution >= 4 is 35.8 Å². The quantitative estimate of drug-likeness (QED) is 0.175. The average molecular weight is 566 g/mol. The summed E-state index contributed by atoms with van der Waals surface area (Å²) in [4.78, 5) is 4.27. The SMILES string of the molecule is CN=C(NCCCOC1CCCCC1)NCCCc1nn(-c2ccccc2)c(N)c1C#N.I. The van der Waals surface area contributed by atoms with Gasteiger partial charge in [-0.05, 0) is 44.2 Å². The zero-order valence-corrected chi connectivity index (χ0v) is 21.8. The summed E-state index contributed by atoms with van der Waals surface area (Å²) in [6.45, 7) is 2.33. The molecule has 2 aromatic rings. The van der Waals surface area contributed by atoms with E-state index in [1.54, 1.807) is 11.7 Å². The van der Waals surface area contributed by atoms with Gasteiger partial charge in [0.05, 0.1) is 17.5 Å². The van der Waals surface area contributed by atoms with E-state index in [1.807, 2.05) is 30.3 Å². The van der Waals surface area contributed by atoms with Gasteiger partial charge in [0.1, 0.15) is 17.5 Å². The first-order valence-electron chi connectivity index (χ1n) is 11.6. The summed E-state index contributed by atoms with van der Waals surface area (Å²) in [6.07, 6.45) is 9.25. The summed E-state index contributed by atoms with van der Waals surface area (Å²) >= 11 is 0. The third-order valence-corrected chi connectivity index (χ3v) is 5.73. The predicted molar refractivity (Wildman–Crippen MR) is 143 cm³/mol. The van der Waals surface area contributed by atoms with Gasteiger partial charge < -0.3 is 21.1 Å². The molecule has 0 aliphatic heterocycles. The number of nitrogens with one attached hydrogen (secondary N) is 2. The number of nitrogens with zero attached hydrogens (tertiary/aromatic N) is 4. The minimum atomic E-state index is 0. The highest BCUT2D eigenvalue weighted by Gasteiger charge is 2.16. The van der Waals surface area contributed by atoms with Crippen molar-refractivity contribution in [2.24, 2.45) is 4.99 Å². The zero-order chi connectivity index (χ0) is 22.6. The van der Waals surface area contributed by atoms with Gasteiger partial charge in [-0.2, -0.15) is 10.4 Å². The molecular formula is C24H36IN7O. The molecule has 1 aromatic carbocycles. The monoisotopic (exact) mass is 565 g/mol. The summed E-state index contributed by atoms with van der Waals surface area (Å²) in [6, 6.07) is 11.8. The molecular weight excluding hydrogens is 529 g/mol. The molecule has 1 aliphatic rings. The van der Waals surface area contributed by atoms with Crippen molar-refractivity contribution in [3.8, 4) is 11.8 Å². The predicted octanol–water partition coefficient (Wildman–Crippen LogP) is 3.78. The lowest BCUT2D eigenvalue weighted by Crippen LogP contribution is -2.38. The number of ether oxygens (including phenoxy) is 1. The van der Waals surface area contributed by atoms with E-state index in [-0.39, 0.29) is 24.0 Å². The third kappa shape index (κ3) is 8.19. The Morgan fingerprint density at radius 3 is 2.55 bits per heavy atom. The Morgan fingerprint density at radius 1 is 1.18 bits per heavy atom. The fourth-order valence-electron chi connectivity index (χ4n) is 3.99. The minimum Gasteiger partial charge on any atom is -0.382 e. The third-order valence-electron chi connectivity index (χ3n) is 5.73. The van der Waals surface area contributed by atoms with Gasteiger partial charge in [0, 0.05) is 26.7 Å². The molecule has 0 spiro atoms. The van der Waals surface area contributed by atoms with Crippen LogP contribution in [0.4, 0.5) is 5.82 Å². The van der Waals surface area contributed by atoms with Crippen LogP contribution in [0.2, 0.25) is 0 Å². The number of halogens is 1. The van der Waals surface area contributed by atoms with E-state index in [1.165, 1.54) is 32.1 Å². The summed E-state index contributed by atoms with van der Waals surface area (Å²) in [5.74, 6) is 1.16. The lowest BCUT2D eigenvalue weighted by molar-refractivity contribution is 0.0277. The topological polar surface area (TPSA) is 113 Å². The Morgan fingerprint density at radius 2 is 1.88 bits per heavy atom. The Balaban J connectivity index is 0.00000385. The molecule has 0 amide bonds. The molecule has 1 saturated carbocycles. The van der Waals surface area contributed by atoms with Crippen molar-refractivity contribution < 1.29 is 4.74 Å². The molecule has 1 aromatic heterocycles. The fraction of sp³-hybridized carbons (Fsp3) is 0.542. The number of hydrogen-bond donors (Lipinski definition) is 3. The molecule has 3 rings (SSSR count).